The minimum absolute atomic E-state index is 0.209. The van der Waals surface area contributed by atoms with Gasteiger partial charge in [-0.2, -0.15) is 5.10 Å². The fraction of sp³-hybridized carbons (Fsp3) is 0.250. The minimum atomic E-state index is -0.276. The zero-order chi connectivity index (χ0) is 22.0. The van der Waals surface area contributed by atoms with Crippen molar-refractivity contribution in [2.45, 2.75) is 40.3 Å². The summed E-state index contributed by atoms with van der Waals surface area (Å²) in [5.41, 5.74) is 4.16. The molecule has 0 N–H and O–H groups in total. The molecule has 0 radical (unpaired) electrons. The standard InChI is InChI=1S/C24H24N4O2S/c1-4-12-28-21(29)11-10-19(26-28)23(30)27(15-18-8-6-5-7-9-18)24-25-22-17(3)13-16(2)14-20(22)31-24/h5-11,13-14H,4,12,15H2,1-3H3. The number of carbonyl (C=O) groups excluding carboxylic acids is 1. The van der Waals surface area contributed by atoms with Gasteiger partial charge in [0.15, 0.2) is 5.13 Å². The quantitative estimate of drug-likeness (QED) is 0.442. The highest BCUT2D eigenvalue weighted by atomic mass is 32.1. The van der Waals surface area contributed by atoms with Crippen LogP contribution in [0.25, 0.3) is 10.2 Å². The van der Waals surface area contributed by atoms with Crippen LogP contribution in [-0.4, -0.2) is 20.7 Å². The largest absolute Gasteiger partial charge is 0.280 e. The molecule has 2 aromatic heterocycles. The third-order valence-electron chi connectivity index (χ3n) is 5.00. The lowest BCUT2D eigenvalue weighted by Crippen LogP contribution is -2.33. The Bertz CT molecular complexity index is 1290. The summed E-state index contributed by atoms with van der Waals surface area (Å²) in [6, 6.07) is 16.9. The molecular formula is C24H24N4O2S. The van der Waals surface area contributed by atoms with E-state index in [2.05, 4.69) is 24.2 Å². The van der Waals surface area contributed by atoms with Gasteiger partial charge in [0.25, 0.3) is 11.5 Å². The minimum Gasteiger partial charge on any atom is -0.278 e. The maximum atomic E-state index is 13.6. The third-order valence-corrected chi connectivity index (χ3v) is 6.02. The van der Waals surface area contributed by atoms with E-state index in [9.17, 15) is 9.59 Å². The molecule has 0 spiro atoms. The highest BCUT2D eigenvalue weighted by molar-refractivity contribution is 7.22. The summed E-state index contributed by atoms with van der Waals surface area (Å²) in [6.07, 6.45) is 0.759. The van der Waals surface area contributed by atoms with Gasteiger partial charge in [-0.05, 0) is 49.1 Å². The van der Waals surface area contributed by atoms with E-state index < -0.39 is 0 Å². The molecule has 7 heteroatoms. The number of hydrogen-bond acceptors (Lipinski definition) is 5. The number of aromatic nitrogens is 3. The van der Waals surface area contributed by atoms with E-state index in [-0.39, 0.29) is 17.2 Å². The van der Waals surface area contributed by atoms with Crippen molar-refractivity contribution in [3.63, 3.8) is 0 Å². The number of amides is 1. The number of benzene rings is 2. The first-order valence-corrected chi connectivity index (χ1v) is 11.1. The summed E-state index contributed by atoms with van der Waals surface area (Å²) in [5, 5.41) is 4.94. The lowest BCUT2D eigenvalue weighted by Gasteiger charge is -2.20. The summed E-state index contributed by atoms with van der Waals surface area (Å²) < 4.78 is 2.39. The number of nitrogens with zero attached hydrogens (tertiary/aromatic N) is 4. The zero-order valence-corrected chi connectivity index (χ0v) is 18.6. The van der Waals surface area contributed by atoms with Gasteiger partial charge in [-0.1, -0.05) is 54.7 Å². The summed E-state index contributed by atoms with van der Waals surface area (Å²) in [5.74, 6) is -0.276. The van der Waals surface area contributed by atoms with E-state index in [0.29, 0.717) is 18.2 Å². The van der Waals surface area contributed by atoms with Gasteiger partial charge in [-0.15, -0.1) is 0 Å². The molecule has 1 amide bonds. The van der Waals surface area contributed by atoms with Crippen molar-refractivity contribution in [1.82, 2.24) is 14.8 Å². The Hall–Kier alpha value is -3.32. The first-order chi connectivity index (χ1) is 15.0. The molecule has 0 fully saturated rings. The summed E-state index contributed by atoms with van der Waals surface area (Å²) in [6.45, 7) is 6.89. The maximum Gasteiger partial charge on any atom is 0.280 e. The van der Waals surface area contributed by atoms with Crippen LogP contribution < -0.4 is 10.5 Å². The van der Waals surface area contributed by atoms with Crippen molar-refractivity contribution < 1.29 is 4.79 Å². The van der Waals surface area contributed by atoms with E-state index >= 15 is 0 Å². The van der Waals surface area contributed by atoms with Crippen molar-refractivity contribution in [2.24, 2.45) is 0 Å². The summed E-state index contributed by atoms with van der Waals surface area (Å²) >= 11 is 1.49. The molecule has 0 saturated heterocycles. The Morgan fingerprint density at radius 2 is 1.87 bits per heavy atom. The predicted molar refractivity (Wildman–Crippen MR) is 125 cm³/mol. The van der Waals surface area contributed by atoms with Crippen LogP contribution in [-0.2, 0) is 13.1 Å². The molecule has 31 heavy (non-hydrogen) atoms. The first-order valence-electron chi connectivity index (χ1n) is 10.3. The summed E-state index contributed by atoms with van der Waals surface area (Å²) in [4.78, 5) is 32.1. The monoisotopic (exact) mass is 432 g/mol. The molecule has 0 atom stereocenters. The number of thiazole rings is 1. The van der Waals surface area contributed by atoms with Gasteiger partial charge >= 0.3 is 0 Å². The number of anilines is 1. The molecule has 0 saturated carbocycles. The van der Waals surface area contributed by atoms with Crippen molar-refractivity contribution >= 4 is 32.6 Å². The average Bonchev–Trinajstić information content (AvgIpc) is 3.18. The van der Waals surface area contributed by atoms with Crippen LogP contribution in [0.15, 0.2) is 59.4 Å². The number of fused-ring (bicyclic) bond motifs is 1. The molecule has 4 aromatic rings. The van der Waals surface area contributed by atoms with Gasteiger partial charge in [-0.25, -0.2) is 9.67 Å². The van der Waals surface area contributed by atoms with Crippen LogP contribution in [0, 0.1) is 13.8 Å². The number of carbonyl (C=O) groups is 1. The maximum absolute atomic E-state index is 13.6. The molecule has 4 rings (SSSR count). The lowest BCUT2D eigenvalue weighted by atomic mass is 10.1. The molecule has 2 heterocycles. The Labute approximate surface area is 184 Å². The van der Waals surface area contributed by atoms with Crippen molar-refractivity contribution in [2.75, 3.05) is 4.90 Å². The Kier molecular flexibility index (Phi) is 5.95. The Morgan fingerprint density at radius 3 is 2.61 bits per heavy atom. The van der Waals surface area contributed by atoms with Gasteiger partial charge in [0.2, 0.25) is 0 Å². The van der Waals surface area contributed by atoms with Gasteiger partial charge < -0.3 is 0 Å². The van der Waals surface area contributed by atoms with Crippen molar-refractivity contribution in [3.05, 3.63) is 87.3 Å². The Morgan fingerprint density at radius 1 is 1.10 bits per heavy atom. The molecule has 2 aromatic carbocycles. The second-order valence-corrected chi connectivity index (χ2v) is 8.59. The summed E-state index contributed by atoms with van der Waals surface area (Å²) in [7, 11) is 0. The van der Waals surface area contributed by atoms with Crippen LogP contribution in [0.5, 0.6) is 0 Å². The Balaban J connectivity index is 1.80. The van der Waals surface area contributed by atoms with E-state index in [0.717, 1.165) is 33.3 Å². The molecule has 0 aliphatic carbocycles. The van der Waals surface area contributed by atoms with Crippen LogP contribution in [0.3, 0.4) is 0 Å². The zero-order valence-electron chi connectivity index (χ0n) is 17.8. The second kappa shape index (κ2) is 8.81. The molecular weight excluding hydrogens is 408 g/mol. The number of rotatable bonds is 6. The number of hydrogen-bond donors (Lipinski definition) is 0. The normalized spacial score (nSPS) is 11.1. The van der Waals surface area contributed by atoms with Crippen LogP contribution in [0.4, 0.5) is 5.13 Å². The topological polar surface area (TPSA) is 68.1 Å². The molecule has 0 unspecified atom stereocenters. The van der Waals surface area contributed by atoms with Gasteiger partial charge in [0, 0.05) is 12.6 Å². The van der Waals surface area contributed by atoms with Gasteiger partial charge in [-0.3, -0.25) is 14.5 Å². The van der Waals surface area contributed by atoms with E-state index in [1.54, 1.807) is 4.90 Å². The SMILES string of the molecule is CCCn1nc(C(=O)N(Cc2ccccc2)c2nc3c(C)cc(C)cc3s2)ccc1=O. The predicted octanol–water partition coefficient (Wildman–Crippen LogP) is 4.73. The molecule has 0 aliphatic heterocycles. The van der Waals surface area contributed by atoms with Crippen LogP contribution in [0.2, 0.25) is 0 Å². The second-order valence-electron chi connectivity index (χ2n) is 7.58. The van der Waals surface area contributed by atoms with Crippen molar-refractivity contribution in [3.8, 4) is 0 Å². The number of aryl methyl sites for hydroxylation is 3. The highest BCUT2D eigenvalue weighted by Gasteiger charge is 2.24. The van der Waals surface area contributed by atoms with Gasteiger partial charge in [0.1, 0.15) is 5.69 Å². The molecule has 0 bridgehead atoms. The van der Waals surface area contributed by atoms with E-state index in [1.807, 2.05) is 44.2 Å². The van der Waals surface area contributed by atoms with E-state index in [1.165, 1.54) is 28.2 Å². The fourth-order valence-electron chi connectivity index (χ4n) is 3.54. The van der Waals surface area contributed by atoms with Crippen molar-refractivity contribution in [1.29, 1.82) is 0 Å². The van der Waals surface area contributed by atoms with Crippen LogP contribution in [0.1, 0.15) is 40.5 Å². The highest BCUT2D eigenvalue weighted by Crippen LogP contribution is 2.33. The third kappa shape index (κ3) is 4.41. The molecule has 6 nitrogen and oxygen atoms in total. The fourth-order valence-corrected chi connectivity index (χ4v) is 4.68. The van der Waals surface area contributed by atoms with Crippen LogP contribution >= 0.6 is 11.3 Å². The molecule has 0 aliphatic rings. The van der Waals surface area contributed by atoms with E-state index in [4.69, 9.17) is 4.98 Å². The lowest BCUT2D eigenvalue weighted by molar-refractivity contribution is 0.0977. The average molecular weight is 433 g/mol. The smallest absolute Gasteiger partial charge is 0.278 e. The van der Waals surface area contributed by atoms with Gasteiger partial charge in [0.05, 0.1) is 16.8 Å². The first kappa shape index (κ1) is 20.9. The molecule has 158 valence electrons.